The lowest BCUT2D eigenvalue weighted by atomic mass is 10.0. The number of benzene rings is 2. The van der Waals surface area contributed by atoms with Crippen LogP contribution in [-0.4, -0.2) is 29.9 Å². The molecule has 0 spiro atoms. The second kappa shape index (κ2) is 8.95. The molecule has 2 aromatic rings. The number of ether oxygens (including phenoxy) is 1. The monoisotopic (exact) mass is 392 g/mol. The van der Waals surface area contributed by atoms with E-state index in [2.05, 4.69) is 12.2 Å². The average molecular weight is 392 g/mol. The van der Waals surface area contributed by atoms with Gasteiger partial charge < -0.3 is 10.1 Å². The van der Waals surface area contributed by atoms with Gasteiger partial charge in [-0.3, -0.25) is 14.5 Å². The number of carbonyl (C=O) groups excluding carboxylic acids is 2. The molecule has 0 saturated carbocycles. The molecular formula is C24H28N2O3. The number of nitrogens with one attached hydrogen (secondary N) is 1. The number of hydrogen-bond donors (Lipinski definition) is 1. The molecule has 29 heavy (non-hydrogen) atoms. The van der Waals surface area contributed by atoms with Gasteiger partial charge in [-0.1, -0.05) is 32.0 Å². The fourth-order valence-corrected chi connectivity index (χ4v) is 3.29. The summed E-state index contributed by atoms with van der Waals surface area (Å²) in [5.41, 5.74) is 4.53. The molecule has 0 atom stereocenters. The third kappa shape index (κ3) is 4.34. The third-order valence-corrected chi connectivity index (χ3v) is 5.01. The van der Waals surface area contributed by atoms with Gasteiger partial charge in [-0.05, 0) is 67.6 Å². The largest absolute Gasteiger partial charge is 0.494 e. The van der Waals surface area contributed by atoms with Gasteiger partial charge >= 0.3 is 0 Å². The fraction of sp³-hybridized carbons (Fsp3) is 0.333. The summed E-state index contributed by atoms with van der Waals surface area (Å²) >= 11 is 0. The van der Waals surface area contributed by atoms with Gasteiger partial charge in [-0.25, -0.2) is 0 Å². The van der Waals surface area contributed by atoms with Gasteiger partial charge in [-0.15, -0.1) is 0 Å². The molecule has 1 heterocycles. The average Bonchev–Trinajstić information content (AvgIpc) is 2.94. The van der Waals surface area contributed by atoms with Crippen LogP contribution >= 0.6 is 0 Å². The van der Waals surface area contributed by atoms with E-state index < -0.39 is 0 Å². The topological polar surface area (TPSA) is 58.6 Å². The zero-order chi connectivity index (χ0) is 21.0. The molecule has 1 aliphatic rings. The first kappa shape index (κ1) is 20.6. The van der Waals surface area contributed by atoms with E-state index >= 15 is 0 Å². The molecule has 2 amide bonds. The first-order chi connectivity index (χ1) is 14.0. The Balaban J connectivity index is 1.99. The highest BCUT2D eigenvalue weighted by Crippen LogP contribution is 2.32. The highest BCUT2D eigenvalue weighted by molar-refractivity contribution is 6.36. The summed E-state index contributed by atoms with van der Waals surface area (Å²) in [5, 5.41) is 3.21. The van der Waals surface area contributed by atoms with Crippen LogP contribution in [0, 0.1) is 13.8 Å². The van der Waals surface area contributed by atoms with Crippen LogP contribution in [0.5, 0.6) is 5.75 Å². The van der Waals surface area contributed by atoms with E-state index in [0.29, 0.717) is 36.4 Å². The van der Waals surface area contributed by atoms with Crippen LogP contribution in [0.4, 0.5) is 5.69 Å². The van der Waals surface area contributed by atoms with Crippen molar-refractivity contribution in [2.45, 2.75) is 40.5 Å². The molecular weight excluding hydrogens is 364 g/mol. The molecule has 0 saturated heterocycles. The second-order valence-electron chi connectivity index (χ2n) is 7.31. The van der Waals surface area contributed by atoms with Crippen LogP contribution in [0.1, 0.15) is 43.4 Å². The Morgan fingerprint density at radius 3 is 2.24 bits per heavy atom. The smallest absolute Gasteiger partial charge is 0.278 e. The van der Waals surface area contributed by atoms with Gasteiger partial charge in [0.1, 0.15) is 11.4 Å². The lowest BCUT2D eigenvalue weighted by molar-refractivity contribution is -0.136. The van der Waals surface area contributed by atoms with Crippen molar-refractivity contribution in [1.29, 1.82) is 0 Å². The number of aryl methyl sites for hydroxylation is 2. The van der Waals surface area contributed by atoms with E-state index in [1.165, 1.54) is 10.5 Å². The predicted octanol–water partition coefficient (Wildman–Crippen LogP) is 4.69. The highest BCUT2D eigenvalue weighted by atomic mass is 16.5. The summed E-state index contributed by atoms with van der Waals surface area (Å²) < 4.78 is 5.63. The van der Waals surface area contributed by atoms with E-state index in [4.69, 9.17) is 4.74 Å². The van der Waals surface area contributed by atoms with Crippen molar-refractivity contribution in [3.8, 4) is 5.75 Å². The van der Waals surface area contributed by atoms with Gasteiger partial charge in [0.05, 0.1) is 12.2 Å². The van der Waals surface area contributed by atoms with Crippen LogP contribution in [0.25, 0.3) is 5.57 Å². The molecule has 1 N–H and O–H groups in total. The first-order valence-electron chi connectivity index (χ1n) is 10.1. The standard InChI is InChI=1S/C24H28N2O3/c1-5-13-26-23(27)21(18-8-11-20(12-9-18)29-14-6-2)22(24(26)28)25-19-10-7-16(3)17(4)15-19/h7-12,15,25H,5-6,13-14H2,1-4H3. The van der Waals surface area contributed by atoms with Gasteiger partial charge in [0.25, 0.3) is 11.8 Å². The Kier molecular flexibility index (Phi) is 6.37. The zero-order valence-electron chi connectivity index (χ0n) is 17.5. The third-order valence-electron chi connectivity index (χ3n) is 5.01. The number of amides is 2. The summed E-state index contributed by atoms with van der Waals surface area (Å²) in [5.74, 6) is 0.212. The number of nitrogens with zero attached hydrogens (tertiary/aromatic N) is 1. The van der Waals surface area contributed by atoms with E-state index in [1.807, 2.05) is 63.2 Å². The van der Waals surface area contributed by atoms with Crippen molar-refractivity contribution in [2.24, 2.45) is 0 Å². The van der Waals surface area contributed by atoms with Gasteiger partial charge in [-0.2, -0.15) is 0 Å². The van der Waals surface area contributed by atoms with Gasteiger partial charge in [0, 0.05) is 12.2 Å². The molecule has 5 nitrogen and oxygen atoms in total. The molecule has 0 radical (unpaired) electrons. The number of rotatable bonds is 8. The summed E-state index contributed by atoms with van der Waals surface area (Å²) in [7, 11) is 0. The summed E-state index contributed by atoms with van der Waals surface area (Å²) in [6.07, 6.45) is 1.64. The van der Waals surface area contributed by atoms with Crippen LogP contribution in [-0.2, 0) is 9.59 Å². The van der Waals surface area contributed by atoms with Crippen molar-refractivity contribution < 1.29 is 14.3 Å². The molecule has 2 aromatic carbocycles. The minimum absolute atomic E-state index is 0.259. The molecule has 0 aliphatic carbocycles. The summed E-state index contributed by atoms with van der Waals surface area (Å²) in [6.45, 7) is 9.11. The van der Waals surface area contributed by atoms with Crippen molar-refractivity contribution in [3.63, 3.8) is 0 Å². The van der Waals surface area contributed by atoms with Gasteiger partial charge in [0.2, 0.25) is 0 Å². The molecule has 0 aromatic heterocycles. The Bertz CT molecular complexity index is 945. The maximum atomic E-state index is 13.1. The molecule has 152 valence electrons. The predicted molar refractivity (Wildman–Crippen MR) is 116 cm³/mol. The van der Waals surface area contributed by atoms with Crippen molar-refractivity contribution in [3.05, 3.63) is 64.9 Å². The second-order valence-corrected chi connectivity index (χ2v) is 7.31. The quantitative estimate of drug-likeness (QED) is 0.662. The normalized spacial score (nSPS) is 14.0. The maximum absolute atomic E-state index is 13.1. The van der Waals surface area contributed by atoms with Crippen LogP contribution in [0.2, 0.25) is 0 Å². The Morgan fingerprint density at radius 2 is 1.62 bits per heavy atom. The molecule has 0 bridgehead atoms. The lowest BCUT2D eigenvalue weighted by Crippen LogP contribution is -2.33. The minimum atomic E-state index is -0.281. The Hall–Kier alpha value is -3.08. The SMILES string of the molecule is CCCOc1ccc(C2=C(Nc3ccc(C)c(C)c3)C(=O)N(CCC)C2=O)cc1. The Labute approximate surface area is 172 Å². The number of carbonyl (C=O) groups is 2. The number of hydrogen-bond acceptors (Lipinski definition) is 4. The van der Waals surface area contributed by atoms with E-state index in [0.717, 1.165) is 23.4 Å². The van der Waals surface area contributed by atoms with Crippen LogP contribution in [0.15, 0.2) is 48.2 Å². The van der Waals surface area contributed by atoms with Crippen molar-refractivity contribution in [2.75, 3.05) is 18.5 Å². The van der Waals surface area contributed by atoms with E-state index in [9.17, 15) is 9.59 Å². The molecule has 0 unspecified atom stereocenters. The molecule has 3 rings (SSSR count). The maximum Gasteiger partial charge on any atom is 0.278 e. The van der Waals surface area contributed by atoms with Gasteiger partial charge in [0.15, 0.2) is 0 Å². The van der Waals surface area contributed by atoms with E-state index in [-0.39, 0.29) is 11.8 Å². The fourth-order valence-electron chi connectivity index (χ4n) is 3.29. The minimum Gasteiger partial charge on any atom is -0.494 e. The first-order valence-corrected chi connectivity index (χ1v) is 10.1. The number of anilines is 1. The molecule has 5 heteroatoms. The summed E-state index contributed by atoms with van der Waals surface area (Å²) in [6, 6.07) is 13.3. The molecule has 1 aliphatic heterocycles. The Morgan fingerprint density at radius 1 is 0.897 bits per heavy atom. The van der Waals surface area contributed by atoms with E-state index in [1.54, 1.807) is 0 Å². The molecule has 0 fully saturated rings. The van der Waals surface area contributed by atoms with Crippen molar-refractivity contribution >= 4 is 23.1 Å². The van der Waals surface area contributed by atoms with Crippen LogP contribution < -0.4 is 10.1 Å². The zero-order valence-corrected chi connectivity index (χ0v) is 17.5. The van der Waals surface area contributed by atoms with Crippen molar-refractivity contribution in [1.82, 2.24) is 4.90 Å². The number of imide groups is 1. The lowest BCUT2D eigenvalue weighted by Gasteiger charge is -2.14. The van der Waals surface area contributed by atoms with Crippen LogP contribution in [0.3, 0.4) is 0 Å². The summed E-state index contributed by atoms with van der Waals surface area (Å²) in [4.78, 5) is 27.4. The highest BCUT2D eigenvalue weighted by Gasteiger charge is 2.38.